The molecule has 0 aliphatic rings. The molecule has 24 heavy (non-hydrogen) atoms. The second-order valence-corrected chi connectivity index (χ2v) is 8.07. The predicted octanol–water partition coefficient (Wildman–Crippen LogP) is -2.21. The van der Waals surface area contributed by atoms with Gasteiger partial charge in [0.05, 0.1) is 13.1 Å². The molecule has 0 amide bonds. The number of carbonyl (C=O) groups is 1. The molecular weight excluding hydrogens is 345 g/mol. The fourth-order valence-corrected chi connectivity index (χ4v) is 2.56. The Balaban J connectivity index is -0.00000220. The van der Waals surface area contributed by atoms with Crippen molar-refractivity contribution in [2.75, 3.05) is 6.16 Å². The molecule has 0 bridgehead atoms. The fourth-order valence-electron chi connectivity index (χ4n) is 1.91. The molecule has 0 spiro atoms. The van der Waals surface area contributed by atoms with Crippen molar-refractivity contribution in [2.24, 2.45) is 0 Å². The summed E-state index contributed by atoms with van der Waals surface area (Å²) in [7, 11) is -4.39. The van der Waals surface area contributed by atoms with Crippen molar-refractivity contribution < 1.29 is 78.5 Å². The summed E-state index contributed by atoms with van der Waals surface area (Å²) < 4.78 is 11.1. The van der Waals surface area contributed by atoms with Crippen molar-refractivity contribution in [3.63, 3.8) is 0 Å². The average molecular weight is 372 g/mol. The van der Waals surface area contributed by atoms with E-state index in [2.05, 4.69) is 32.9 Å². The molecule has 0 aromatic rings. The molecule has 0 fully saturated rings. The molecule has 1 unspecified atom stereocenters. The van der Waals surface area contributed by atoms with E-state index >= 15 is 0 Å². The van der Waals surface area contributed by atoms with Crippen LogP contribution in [0.15, 0.2) is 34.9 Å². The molecule has 0 saturated carbocycles. The van der Waals surface area contributed by atoms with Crippen LogP contribution in [0.1, 0.15) is 59.8 Å². The van der Waals surface area contributed by atoms with Gasteiger partial charge in [0.2, 0.25) is 0 Å². The third-order valence-electron chi connectivity index (χ3n) is 3.32. The Kier molecular flexibility index (Phi) is 19.9. The second-order valence-electron chi connectivity index (χ2n) is 5.91. The third-order valence-corrected chi connectivity index (χ3v) is 4.72. The fraction of sp³-hybridized carbons (Fsp3) is 0.588. The van der Waals surface area contributed by atoms with Gasteiger partial charge in [0.1, 0.15) is 0 Å². The summed E-state index contributed by atoms with van der Waals surface area (Å²) in [5, 5.41) is 10.4. The van der Waals surface area contributed by atoms with Gasteiger partial charge in [0, 0.05) is 0 Å². The molecule has 0 N–H and O–H groups in total. The molecule has 0 saturated heterocycles. The zero-order valence-corrected chi connectivity index (χ0v) is 20.9. The van der Waals surface area contributed by atoms with Crippen LogP contribution in [0, 0.1) is 0 Å². The molecule has 0 rings (SSSR count). The predicted molar refractivity (Wildman–Crippen MR) is 87.9 cm³/mol. The minimum absolute atomic E-state index is 0. The molecular formula is C17H27Na2O4P. The van der Waals surface area contributed by atoms with Gasteiger partial charge in [-0.2, -0.15) is 0 Å². The summed E-state index contributed by atoms with van der Waals surface area (Å²) >= 11 is 0. The topological polar surface area (TPSA) is 80.3 Å². The molecule has 1 atom stereocenters. The number of hydrogen-bond donors (Lipinski definition) is 0. The number of carboxylic acid groups (broad SMARTS) is 1. The van der Waals surface area contributed by atoms with E-state index in [1.807, 2.05) is 6.92 Å². The van der Waals surface area contributed by atoms with Gasteiger partial charge in [-0.15, -0.1) is 0 Å². The van der Waals surface area contributed by atoms with Crippen molar-refractivity contribution in [1.29, 1.82) is 0 Å². The Hall–Kier alpha value is 0.880. The number of hydrogen-bond acceptors (Lipinski definition) is 4. The summed E-state index contributed by atoms with van der Waals surface area (Å²) in [5.41, 5.74) is 1.80. The average Bonchev–Trinajstić information content (AvgIpc) is 2.37. The molecule has 126 valence electrons. The molecule has 0 heterocycles. The standard InChI is InChI=1S/C17H29O4P.2Na/c1-14(2)8-5-9-15(3)10-6-11-16(4)12-7-13-22(20,21)17(18)19;;/h8,10,12H,5-7,9,11,13H2,1-4H3,(H,18,19)(H,20,21);;/q;2*+1/p-2/b15-10+,16-12+;;. The van der Waals surface area contributed by atoms with Crippen molar-refractivity contribution in [3.05, 3.63) is 34.9 Å². The first kappa shape index (κ1) is 29.6. The van der Waals surface area contributed by atoms with Crippen molar-refractivity contribution in [3.8, 4) is 0 Å². The van der Waals surface area contributed by atoms with Gasteiger partial charge in [-0.05, 0) is 66.0 Å². The molecule has 0 aromatic carbocycles. The van der Waals surface area contributed by atoms with Gasteiger partial charge < -0.3 is 19.4 Å². The van der Waals surface area contributed by atoms with Crippen LogP contribution < -0.4 is 69.1 Å². The molecule has 0 aliphatic carbocycles. The first-order valence-electron chi connectivity index (χ1n) is 7.61. The molecule has 4 nitrogen and oxygen atoms in total. The number of allylic oxidation sites excluding steroid dienone is 6. The minimum Gasteiger partial charge on any atom is -0.795 e. The van der Waals surface area contributed by atoms with Crippen LogP contribution in [0.25, 0.3) is 0 Å². The molecule has 7 heteroatoms. The van der Waals surface area contributed by atoms with Crippen molar-refractivity contribution >= 4 is 13.1 Å². The second kappa shape index (κ2) is 16.1. The van der Waals surface area contributed by atoms with Crippen LogP contribution in [0.5, 0.6) is 0 Å². The van der Waals surface area contributed by atoms with E-state index in [1.54, 1.807) is 6.08 Å². The first-order chi connectivity index (χ1) is 10.1. The van der Waals surface area contributed by atoms with Gasteiger partial charge in [-0.25, -0.2) is 0 Å². The molecule has 0 aromatic heterocycles. The van der Waals surface area contributed by atoms with Gasteiger partial charge in [-0.3, -0.25) is 0 Å². The first-order valence-corrected chi connectivity index (χ1v) is 9.42. The Morgan fingerprint density at radius 1 is 0.875 bits per heavy atom. The molecule has 0 aliphatic heterocycles. The number of carbonyl (C=O) groups excluding carboxylic acids is 1. The minimum atomic E-state index is -4.39. The van der Waals surface area contributed by atoms with Gasteiger partial charge >= 0.3 is 59.1 Å². The van der Waals surface area contributed by atoms with Crippen LogP contribution >= 0.6 is 7.37 Å². The van der Waals surface area contributed by atoms with Crippen LogP contribution in [-0.2, 0) is 4.57 Å². The monoisotopic (exact) mass is 372 g/mol. The summed E-state index contributed by atoms with van der Waals surface area (Å²) in [6, 6.07) is 0. The van der Waals surface area contributed by atoms with E-state index < -0.39 is 13.1 Å². The summed E-state index contributed by atoms with van der Waals surface area (Å²) in [6.07, 6.45) is 9.96. The maximum atomic E-state index is 11.1. The van der Waals surface area contributed by atoms with E-state index in [0.29, 0.717) is 0 Å². The largest absolute Gasteiger partial charge is 1.00 e. The van der Waals surface area contributed by atoms with E-state index in [1.165, 1.54) is 11.1 Å². The zero-order valence-electron chi connectivity index (χ0n) is 16.1. The van der Waals surface area contributed by atoms with Gasteiger partial charge in [0.15, 0.2) is 0 Å². The summed E-state index contributed by atoms with van der Waals surface area (Å²) in [5.74, 6) is 0. The summed E-state index contributed by atoms with van der Waals surface area (Å²) in [4.78, 5) is 21.4. The maximum Gasteiger partial charge on any atom is 1.00 e. The smallest absolute Gasteiger partial charge is 0.795 e. The van der Waals surface area contributed by atoms with Crippen LogP contribution in [0.2, 0.25) is 0 Å². The van der Waals surface area contributed by atoms with Crippen molar-refractivity contribution in [1.82, 2.24) is 0 Å². The summed E-state index contributed by atoms with van der Waals surface area (Å²) in [6.45, 7) is 8.23. The quantitative estimate of drug-likeness (QED) is 0.247. The Bertz CT molecular complexity index is 507. The number of rotatable bonds is 10. The SMILES string of the molecule is CC(C)=CCC/C(C)=C/CC/C(C)=C/CCP(=O)([O-])C(=O)[O-].[Na+].[Na+]. The Labute approximate surface area is 190 Å². The Morgan fingerprint density at radius 3 is 1.71 bits per heavy atom. The van der Waals surface area contributed by atoms with E-state index in [-0.39, 0.29) is 71.7 Å². The van der Waals surface area contributed by atoms with Crippen LogP contribution in [-0.4, -0.2) is 11.9 Å². The third kappa shape index (κ3) is 16.4. The zero-order chi connectivity index (χ0) is 17.2. The Morgan fingerprint density at radius 2 is 1.29 bits per heavy atom. The van der Waals surface area contributed by atoms with Crippen LogP contribution in [0.4, 0.5) is 4.79 Å². The van der Waals surface area contributed by atoms with E-state index in [4.69, 9.17) is 0 Å². The normalized spacial score (nSPS) is 14.0. The van der Waals surface area contributed by atoms with Crippen LogP contribution in [0.3, 0.4) is 0 Å². The van der Waals surface area contributed by atoms with Crippen molar-refractivity contribution in [2.45, 2.75) is 59.8 Å². The van der Waals surface area contributed by atoms with E-state index in [0.717, 1.165) is 31.3 Å². The molecule has 0 radical (unpaired) electrons. The van der Waals surface area contributed by atoms with Gasteiger partial charge in [0.25, 0.3) is 0 Å². The van der Waals surface area contributed by atoms with Gasteiger partial charge in [-0.1, -0.05) is 34.9 Å². The van der Waals surface area contributed by atoms with E-state index in [9.17, 15) is 19.4 Å². The maximum absolute atomic E-state index is 11.1.